The molecule has 5 heteroatoms. The van der Waals surface area contributed by atoms with Crippen molar-refractivity contribution in [1.29, 1.82) is 5.26 Å². The molecule has 1 saturated heterocycles. The number of carbonyl (C=O) groups excluding carboxylic acids is 1. The zero-order valence-corrected chi connectivity index (χ0v) is 11.5. The number of nitrogens with one attached hydrogen (secondary N) is 1. The Morgan fingerprint density at radius 3 is 3.00 bits per heavy atom. The molecule has 0 aromatic heterocycles. The van der Waals surface area contributed by atoms with Crippen LogP contribution in [0.2, 0.25) is 0 Å². The minimum atomic E-state index is 0.161. The van der Waals surface area contributed by atoms with Crippen LogP contribution in [-0.2, 0) is 11.2 Å². The van der Waals surface area contributed by atoms with Crippen LogP contribution in [0.3, 0.4) is 0 Å². The van der Waals surface area contributed by atoms with E-state index in [2.05, 4.69) is 27.3 Å². The molecule has 4 nitrogen and oxygen atoms in total. The Kier molecular flexibility index (Phi) is 4.34. The van der Waals surface area contributed by atoms with E-state index in [0.717, 1.165) is 36.1 Å². The average molecular weight is 308 g/mol. The van der Waals surface area contributed by atoms with Gasteiger partial charge in [0.05, 0.1) is 12.1 Å². The lowest BCUT2D eigenvalue weighted by molar-refractivity contribution is -0.131. The molecule has 0 unspecified atom stereocenters. The first-order valence-electron chi connectivity index (χ1n) is 5.88. The van der Waals surface area contributed by atoms with Crippen LogP contribution in [-0.4, -0.2) is 37.0 Å². The third-order valence-electron chi connectivity index (χ3n) is 3.01. The van der Waals surface area contributed by atoms with Crippen molar-refractivity contribution in [3.05, 3.63) is 33.8 Å². The second-order valence-electron chi connectivity index (χ2n) is 4.23. The molecule has 0 spiro atoms. The summed E-state index contributed by atoms with van der Waals surface area (Å²) in [5.74, 6) is 0.161. The molecule has 0 radical (unpaired) electrons. The highest BCUT2D eigenvalue weighted by molar-refractivity contribution is 9.10. The van der Waals surface area contributed by atoms with E-state index in [-0.39, 0.29) is 5.91 Å². The van der Waals surface area contributed by atoms with Crippen LogP contribution >= 0.6 is 15.9 Å². The van der Waals surface area contributed by atoms with Crippen molar-refractivity contribution in [1.82, 2.24) is 10.2 Å². The number of carbonyl (C=O) groups is 1. The number of nitriles is 1. The van der Waals surface area contributed by atoms with Gasteiger partial charge in [-0.15, -0.1) is 0 Å². The Balaban J connectivity index is 1.96. The summed E-state index contributed by atoms with van der Waals surface area (Å²) >= 11 is 3.37. The third-order valence-corrected chi connectivity index (χ3v) is 3.67. The summed E-state index contributed by atoms with van der Waals surface area (Å²) in [6.45, 7) is 2.81. The Labute approximate surface area is 115 Å². The van der Waals surface area contributed by atoms with Crippen molar-refractivity contribution in [2.45, 2.75) is 6.42 Å². The van der Waals surface area contributed by atoms with Gasteiger partial charge in [-0.2, -0.15) is 5.26 Å². The number of halogens is 1. The first kappa shape index (κ1) is 13.1. The van der Waals surface area contributed by atoms with Gasteiger partial charge in [-0.1, -0.05) is 6.07 Å². The smallest absolute Gasteiger partial charge is 0.236 e. The van der Waals surface area contributed by atoms with E-state index in [0.29, 0.717) is 12.1 Å². The monoisotopic (exact) mass is 307 g/mol. The second kappa shape index (κ2) is 5.98. The van der Waals surface area contributed by atoms with E-state index >= 15 is 0 Å². The van der Waals surface area contributed by atoms with Crippen molar-refractivity contribution in [3.63, 3.8) is 0 Å². The molecule has 1 aliphatic heterocycles. The summed E-state index contributed by atoms with van der Waals surface area (Å²) < 4.78 is 0.814. The molecule has 0 aliphatic carbocycles. The lowest BCUT2D eigenvalue weighted by Gasteiger charge is -2.27. The molecule has 0 saturated carbocycles. The van der Waals surface area contributed by atoms with Crippen LogP contribution in [0.15, 0.2) is 22.7 Å². The SMILES string of the molecule is N#Cc1ccc(CCN2CCNCC2=O)cc1Br. The predicted octanol–water partition coefficient (Wildman–Crippen LogP) is 1.30. The minimum Gasteiger partial charge on any atom is -0.340 e. The van der Waals surface area contributed by atoms with Gasteiger partial charge < -0.3 is 10.2 Å². The first-order chi connectivity index (χ1) is 8.70. The molecule has 0 atom stereocenters. The van der Waals surface area contributed by atoms with Gasteiger partial charge in [-0.3, -0.25) is 4.79 Å². The Morgan fingerprint density at radius 2 is 2.33 bits per heavy atom. The van der Waals surface area contributed by atoms with E-state index in [1.165, 1.54) is 0 Å². The lowest BCUT2D eigenvalue weighted by Crippen LogP contribution is -2.48. The standard InChI is InChI=1S/C13H14BrN3O/c14-12-7-10(1-2-11(12)8-15)3-5-17-6-4-16-9-13(17)18/h1-2,7,16H,3-6,9H2. The van der Waals surface area contributed by atoms with Crippen molar-refractivity contribution in [2.75, 3.05) is 26.2 Å². The quantitative estimate of drug-likeness (QED) is 0.915. The summed E-state index contributed by atoms with van der Waals surface area (Å²) in [5, 5.41) is 11.9. The van der Waals surface area contributed by atoms with Gasteiger partial charge in [-0.05, 0) is 40.0 Å². The predicted molar refractivity (Wildman–Crippen MR) is 72.0 cm³/mol. The fourth-order valence-corrected chi connectivity index (χ4v) is 2.47. The Hall–Kier alpha value is -1.38. The molecule has 94 valence electrons. The molecular formula is C13H14BrN3O. The number of piperazine rings is 1. The van der Waals surface area contributed by atoms with Gasteiger partial charge >= 0.3 is 0 Å². The molecule has 1 aliphatic rings. The molecule has 1 N–H and O–H groups in total. The van der Waals surface area contributed by atoms with Gasteiger partial charge in [0.2, 0.25) is 5.91 Å². The highest BCUT2D eigenvalue weighted by Gasteiger charge is 2.16. The fraction of sp³-hybridized carbons (Fsp3) is 0.385. The number of hydrogen-bond donors (Lipinski definition) is 1. The highest BCUT2D eigenvalue weighted by Crippen LogP contribution is 2.18. The Bertz CT molecular complexity index is 495. The largest absolute Gasteiger partial charge is 0.340 e. The van der Waals surface area contributed by atoms with Crippen molar-refractivity contribution in [3.8, 4) is 6.07 Å². The topological polar surface area (TPSA) is 56.1 Å². The highest BCUT2D eigenvalue weighted by atomic mass is 79.9. The van der Waals surface area contributed by atoms with Crippen LogP contribution in [0.1, 0.15) is 11.1 Å². The molecule has 1 heterocycles. The summed E-state index contributed by atoms with van der Waals surface area (Å²) in [7, 11) is 0. The number of hydrogen-bond acceptors (Lipinski definition) is 3. The summed E-state index contributed by atoms with van der Waals surface area (Å²) in [4.78, 5) is 13.5. The molecule has 2 rings (SSSR count). The van der Waals surface area contributed by atoms with Crippen molar-refractivity contribution >= 4 is 21.8 Å². The zero-order chi connectivity index (χ0) is 13.0. The average Bonchev–Trinajstić information content (AvgIpc) is 2.38. The van der Waals surface area contributed by atoms with Gasteiger partial charge in [0.1, 0.15) is 6.07 Å². The molecule has 1 aromatic carbocycles. The number of nitrogens with zero attached hydrogens (tertiary/aromatic N) is 2. The minimum absolute atomic E-state index is 0.161. The van der Waals surface area contributed by atoms with Crippen LogP contribution in [0.4, 0.5) is 0 Å². The molecule has 1 amide bonds. The van der Waals surface area contributed by atoms with Gasteiger partial charge in [0.25, 0.3) is 0 Å². The third kappa shape index (κ3) is 3.09. The van der Waals surface area contributed by atoms with E-state index in [4.69, 9.17) is 5.26 Å². The van der Waals surface area contributed by atoms with E-state index in [9.17, 15) is 4.79 Å². The van der Waals surface area contributed by atoms with Crippen LogP contribution in [0.5, 0.6) is 0 Å². The normalized spacial score (nSPS) is 15.6. The molecule has 1 aromatic rings. The van der Waals surface area contributed by atoms with Gasteiger partial charge in [0.15, 0.2) is 0 Å². The maximum Gasteiger partial charge on any atom is 0.236 e. The maximum absolute atomic E-state index is 11.6. The maximum atomic E-state index is 11.6. The fourth-order valence-electron chi connectivity index (χ4n) is 1.95. The summed E-state index contributed by atoms with van der Waals surface area (Å²) in [5.41, 5.74) is 1.77. The molecule has 1 fully saturated rings. The van der Waals surface area contributed by atoms with Gasteiger partial charge in [0, 0.05) is 24.1 Å². The van der Waals surface area contributed by atoms with Crippen LogP contribution in [0.25, 0.3) is 0 Å². The van der Waals surface area contributed by atoms with E-state index in [1.807, 2.05) is 17.0 Å². The number of benzene rings is 1. The van der Waals surface area contributed by atoms with Crippen molar-refractivity contribution in [2.24, 2.45) is 0 Å². The van der Waals surface area contributed by atoms with E-state index in [1.54, 1.807) is 6.07 Å². The number of amides is 1. The van der Waals surface area contributed by atoms with Crippen LogP contribution < -0.4 is 5.32 Å². The van der Waals surface area contributed by atoms with Crippen molar-refractivity contribution < 1.29 is 4.79 Å². The number of rotatable bonds is 3. The first-order valence-corrected chi connectivity index (χ1v) is 6.67. The molecule has 0 bridgehead atoms. The summed E-state index contributed by atoms with van der Waals surface area (Å²) in [6.07, 6.45) is 0.816. The van der Waals surface area contributed by atoms with Crippen LogP contribution in [0, 0.1) is 11.3 Å². The zero-order valence-electron chi connectivity index (χ0n) is 9.95. The van der Waals surface area contributed by atoms with E-state index < -0.39 is 0 Å². The lowest BCUT2D eigenvalue weighted by atomic mass is 10.1. The second-order valence-corrected chi connectivity index (χ2v) is 5.09. The van der Waals surface area contributed by atoms with Gasteiger partial charge in [-0.25, -0.2) is 0 Å². The molecular weight excluding hydrogens is 294 g/mol. The molecule has 18 heavy (non-hydrogen) atoms. The Morgan fingerprint density at radius 1 is 1.50 bits per heavy atom. The summed E-state index contributed by atoms with van der Waals surface area (Å²) in [6, 6.07) is 7.81.